The number of allylic oxidation sites excluding steroid dienone is 8. The van der Waals surface area contributed by atoms with Gasteiger partial charge in [0.2, 0.25) is 0 Å². The van der Waals surface area contributed by atoms with Crippen molar-refractivity contribution in [3.05, 3.63) is 46.1 Å². The first-order chi connectivity index (χ1) is 9.13. The topological polar surface area (TPSA) is 34.1 Å². The molecule has 0 aromatic carbocycles. The Balaban J connectivity index is 3.41. The van der Waals surface area contributed by atoms with Gasteiger partial charge in [0, 0.05) is 27.7 Å². The zero-order valence-electron chi connectivity index (χ0n) is 13.5. The number of hydrogen-bond donors (Lipinski definition) is 0. The summed E-state index contributed by atoms with van der Waals surface area (Å²) in [5.74, 6) is -0.0172. The molecule has 0 aliphatic heterocycles. The van der Waals surface area contributed by atoms with E-state index in [9.17, 15) is 9.59 Å². The molecular weight excluding hydrogens is 248 g/mol. The highest BCUT2D eigenvalue weighted by Gasteiger charge is 2.35. The quantitative estimate of drug-likeness (QED) is 0.565. The molecule has 0 N–H and O–H groups in total. The fourth-order valence-electron chi connectivity index (χ4n) is 2.82. The van der Waals surface area contributed by atoms with Crippen LogP contribution in [0.5, 0.6) is 0 Å². The van der Waals surface area contributed by atoms with Crippen molar-refractivity contribution in [1.82, 2.24) is 0 Å². The van der Waals surface area contributed by atoms with Crippen molar-refractivity contribution in [3.8, 4) is 0 Å². The van der Waals surface area contributed by atoms with Crippen LogP contribution in [-0.4, -0.2) is 11.6 Å². The van der Waals surface area contributed by atoms with E-state index in [1.807, 2.05) is 45.9 Å². The first-order valence-electron chi connectivity index (χ1n) is 6.93. The number of ketones is 2. The molecule has 0 heterocycles. The molecular formula is C18H24O2. The number of hydrogen-bond acceptors (Lipinski definition) is 2. The molecule has 0 aromatic heterocycles. The molecule has 0 amide bonds. The monoisotopic (exact) mass is 272 g/mol. The fraction of sp³-hybridized carbons (Fsp3) is 0.444. The summed E-state index contributed by atoms with van der Waals surface area (Å²) >= 11 is 0. The highest BCUT2D eigenvalue weighted by atomic mass is 16.1. The van der Waals surface area contributed by atoms with Crippen molar-refractivity contribution in [1.29, 1.82) is 0 Å². The van der Waals surface area contributed by atoms with Crippen molar-refractivity contribution >= 4 is 11.6 Å². The summed E-state index contributed by atoms with van der Waals surface area (Å²) in [5, 5.41) is 0. The average Bonchev–Trinajstić information content (AvgIpc) is 2.33. The Labute approximate surface area is 122 Å². The van der Waals surface area contributed by atoms with E-state index >= 15 is 0 Å². The third kappa shape index (κ3) is 2.90. The highest BCUT2D eigenvalue weighted by Crippen LogP contribution is 2.38. The Morgan fingerprint density at radius 1 is 0.950 bits per heavy atom. The number of rotatable bonds is 3. The lowest BCUT2D eigenvalue weighted by Gasteiger charge is -2.29. The SMILES string of the molecule is C/C=C\C(C)=C\C(C)(C)C1=C(C)C(=O)C(C)=C(C)C1=O. The van der Waals surface area contributed by atoms with Crippen molar-refractivity contribution in [2.24, 2.45) is 5.41 Å². The van der Waals surface area contributed by atoms with Gasteiger partial charge in [-0.15, -0.1) is 0 Å². The van der Waals surface area contributed by atoms with Crippen LogP contribution in [0.2, 0.25) is 0 Å². The molecule has 0 bridgehead atoms. The summed E-state index contributed by atoms with van der Waals surface area (Å²) in [6, 6.07) is 0. The van der Waals surface area contributed by atoms with Crippen LogP contribution in [0.4, 0.5) is 0 Å². The predicted molar refractivity (Wildman–Crippen MR) is 83.4 cm³/mol. The Bertz CT molecular complexity index is 579. The zero-order valence-corrected chi connectivity index (χ0v) is 13.5. The summed E-state index contributed by atoms with van der Waals surface area (Å²) in [5.41, 5.74) is 2.97. The van der Waals surface area contributed by atoms with Crippen LogP contribution in [0.15, 0.2) is 46.1 Å². The number of carbonyl (C=O) groups excluding carboxylic acids is 2. The summed E-state index contributed by atoms with van der Waals surface area (Å²) in [6.45, 7) is 13.1. The van der Waals surface area contributed by atoms with Gasteiger partial charge in [-0.05, 0) is 34.6 Å². The second kappa shape index (κ2) is 5.74. The first-order valence-corrected chi connectivity index (χ1v) is 6.93. The maximum absolute atomic E-state index is 12.6. The molecule has 0 saturated carbocycles. The van der Waals surface area contributed by atoms with E-state index in [0.29, 0.717) is 22.3 Å². The first kappa shape index (κ1) is 16.4. The molecule has 0 spiro atoms. The van der Waals surface area contributed by atoms with E-state index < -0.39 is 5.41 Å². The molecule has 0 aromatic rings. The lowest BCUT2D eigenvalue weighted by molar-refractivity contribution is -0.117. The third-order valence-electron chi connectivity index (χ3n) is 3.85. The molecule has 0 fully saturated rings. The molecule has 108 valence electrons. The normalized spacial score (nSPS) is 18.6. The van der Waals surface area contributed by atoms with Gasteiger partial charge in [-0.2, -0.15) is 0 Å². The van der Waals surface area contributed by atoms with Gasteiger partial charge in [-0.25, -0.2) is 0 Å². The van der Waals surface area contributed by atoms with Gasteiger partial charge in [0.25, 0.3) is 0 Å². The average molecular weight is 272 g/mol. The highest BCUT2D eigenvalue weighted by molar-refractivity contribution is 6.25. The zero-order chi connectivity index (χ0) is 15.7. The van der Waals surface area contributed by atoms with Crippen molar-refractivity contribution in [3.63, 3.8) is 0 Å². The largest absolute Gasteiger partial charge is 0.289 e. The van der Waals surface area contributed by atoms with E-state index in [4.69, 9.17) is 0 Å². The van der Waals surface area contributed by atoms with Gasteiger partial charge in [-0.3, -0.25) is 9.59 Å². The minimum absolute atomic E-state index is 0.00544. The van der Waals surface area contributed by atoms with E-state index in [2.05, 4.69) is 0 Å². The fourth-order valence-corrected chi connectivity index (χ4v) is 2.82. The van der Waals surface area contributed by atoms with Crippen molar-refractivity contribution in [2.75, 3.05) is 0 Å². The molecule has 0 atom stereocenters. The maximum atomic E-state index is 12.6. The van der Waals surface area contributed by atoms with Crippen LogP contribution in [-0.2, 0) is 9.59 Å². The Morgan fingerprint density at radius 2 is 1.45 bits per heavy atom. The summed E-state index contributed by atoms with van der Waals surface area (Å²) in [6.07, 6.45) is 6.01. The van der Waals surface area contributed by atoms with Gasteiger partial charge >= 0.3 is 0 Å². The molecule has 1 aliphatic rings. The molecule has 0 unspecified atom stereocenters. The smallest absolute Gasteiger partial charge is 0.186 e. The lowest BCUT2D eigenvalue weighted by atomic mass is 9.72. The second-order valence-corrected chi connectivity index (χ2v) is 6.02. The van der Waals surface area contributed by atoms with Crippen LogP contribution in [0.3, 0.4) is 0 Å². The van der Waals surface area contributed by atoms with Gasteiger partial charge in [-0.1, -0.05) is 37.6 Å². The molecule has 0 radical (unpaired) electrons. The maximum Gasteiger partial charge on any atom is 0.186 e. The van der Waals surface area contributed by atoms with Crippen LogP contribution in [0.1, 0.15) is 48.5 Å². The van der Waals surface area contributed by atoms with Crippen LogP contribution in [0.25, 0.3) is 0 Å². The van der Waals surface area contributed by atoms with Gasteiger partial charge < -0.3 is 0 Å². The van der Waals surface area contributed by atoms with E-state index in [1.54, 1.807) is 20.8 Å². The molecule has 2 nitrogen and oxygen atoms in total. The summed E-state index contributed by atoms with van der Waals surface area (Å²) < 4.78 is 0. The minimum Gasteiger partial charge on any atom is -0.289 e. The van der Waals surface area contributed by atoms with Crippen LogP contribution >= 0.6 is 0 Å². The van der Waals surface area contributed by atoms with Gasteiger partial charge in [0.05, 0.1) is 0 Å². The molecule has 0 saturated heterocycles. The van der Waals surface area contributed by atoms with Crippen LogP contribution < -0.4 is 0 Å². The lowest BCUT2D eigenvalue weighted by Crippen LogP contribution is -2.29. The number of Topliss-reactive ketones (excluding diaryl/α,β-unsaturated/α-hetero) is 2. The molecule has 1 aliphatic carbocycles. The molecule has 2 heteroatoms. The van der Waals surface area contributed by atoms with E-state index in [0.717, 1.165) is 5.57 Å². The van der Waals surface area contributed by atoms with E-state index in [1.165, 1.54) is 0 Å². The van der Waals surface area contributed by atoms with Crippen molar-refractivity contribution < 1.29 is 9.59 Å². The Hall–Kier alpha value is -1.70. The second-order valence-electron chi connectivity index (χ2n) is 6.02. The Morgan fingerprint density at radius 3 is 1.95 bits per heavy atom. The summed E-state index contributed by atoms with van der Waals surface area (Å²) in [4.78, 5) is 24.8. The minimum atomic E-state index is -0.456. The molecule has 20 heavy (non-hydrogen) atoms. The van der Waals surface area contributed by atoms with Gasteiger partial charge in [0.15, 0.2) is 11.6 Å². The van der Waals surface area contributed by atoms with Crippen LogP contribution in [0, 0.1) is 5.41 Å². The summed E-state index contributed by atoms with van der Waals surface area (Å²) in [7, 11) is 0. The van der Waals surface area contributed by atoms with Crippen molar-refractivity contribution in [2.45, 2.75) is 48.5 Å². The third-order valence-corrected chi connectivity index (χ3v) is 3.85. The Kier molecular flexibility index (Phi) is 4.69. The predicted octanol–water partition coefficient (Wildman–Crippen LogP) is 4.34. The molecule has 1 rings (SSSR count). The van der Waals surface area contributed by atoms with E-state index in [-0.39, 0.29) is 11.6 Å². The number of carbonyl (C=O) groups is 2. The van der Waals surface area contributed by atoms with Gasteiger partial charge in [0.1, 0.15) is 0 Å². The standard InChI is InChI=1S/C18H24O2/c1-8-9-11(2)10-18(6,7)15-14(5)16(19)12(3)13(4)17(15)20/h8-10H,1-7H3/b9-8-,11-10+.